The summed E-state index contributed by atoms with van der Waals surface area (Å²) in [5.74, 6) is -0.300. The van der Waals surface area contributed by atoms with Crippen LogP contribution in [0.5, 0.6) is 5.75 Å². The lowest BCUT2D eigenvalue weighted by Gasteiger charge is -2.11. The van der Waals surface area contributed by atoms with Crippen molar-refractivity contribution in [1.29, 1.82) is 0 Å². The minimum absolute atomic E-state index is 0.0125. The smallest absolute Gasteiger partial charge is 0.313 e. The fourth-order valence-corrected chi connectivity index (χ4v) is 1.48. The van der Waals surface area contributed by atoms with Crippen molar-refractivity contribution in [2.45, 2.75) is 25.9 Å². The van der Waals surface area contributed by atoms with E-state index in [4.69, 9.17) is 4.74 Å². The summed E-state index contributed by atoms with van der Waals surface area (Å²) in [7, 11) is 0. The van der Waals surface area contributed by atoms with Crippen LogP contribution in [0.15, 0.2) is 30.3 Å². The molecular weight excluding hydrogens is 248 g/mol. The van der Waals surface area contributed by atoms with Gasteiger partial charge in [0.2, 0.25) is 0 Å². The third-order valence-corrected chi connectivity index (χ3v) is 2.30. The fourth-order valence-electron chi connectivity index (χ4n) is 1.48. The number of carbonyl (C=O) groups is 2. The van der Waals surface area contributed by atoms with Crippen molar-refractivity contribution < 1.29 is 24.2 Å². The molecule has 1 rings (SSSR count). The molecule has 1 atom stereocenters. The molecule has 19 heavy (non-hydrogen) atoms. The topological polar surface area (TPSA) is 72.8 Å². The van der Waals surface area contributed by atoms with Gasteiger partial charge in [-0.1, -0.05) is 18.2 Å². The summed E-state index contributed by atoms with van der Waals surface area (Å²) in [4.78, 5) is 22.5. The summed E-state index contributed by atoms with van der Waals surface area (Å²) in [5, 5.41) is 9.63. The van der Waals surface area contributed by atoms with Crippen molar-refractivity contribution in [1.82, 2.24) is 0 Å². The van der Waals surface area contributed by atoms with E-state index in [0.717, 1.165) is 0 Å². The van der Waals surface area contributed by atoms with Gasteiger partial charge in [0.25, 0.3) is 0 Å². The normalized spacial score (nSPS) is 11.7. The Bertz CT molecular complexity index is 402. The van der Waals surface area contributed by atoms with Gasteiger partial charge in [-0.2, -0.15) is 0 Å². The van der Waals surface area contributed by atoms with Gasteiger partial charge in [-0.05, 0) is 19.1 Å². The number of ketones is 1. The maximum Gasteiger partial charge on any atom is 0.313 e. The number of aliphatic hydroxyl groups excluding tert-OH is 1. The number of hydrogen-bond acceptors (Lipinski definition) is 5. The maximum absolute atomic E-state index is 11.4. The van der Waals surface area contributed by atoms with E-state index in [1.807, 2.05) is 18.2 Å². The van der Waals surface area contributed by atoms with Crippen LogP contribution in [-0.2, 0) is 14.3 Å². The molecule has 5 heteroatoms. The molecule has 0 fully saturated rings. The molecule has 104 valence electrons. The number of para-hydroxylation sites is 1. The van der Waals surface area contributed by atoms with E-state index >= 15 is 0 Å². The lowest BCUT2D eigenvalue weighted by Crippen LogP contribution is -2.23. The summed E-state index contributed by atoms with van der Waals surface area (Å²) in [6, 6.07) is 8.99. The van der Waals surface area contributed by atoms with Crippen LogP contribution in [0.25, 0.3) is 0 Å². The Labute approximate surface area is 112 Å². The molecule has 0 heterocycles. The average Bonchev–Trinajstić information content (AvgIpc) is 2.37. The van der Waals surface area contributed by atoms with Crippen LogP contribution < -0.4 is 4.74 Å². The van der Waals surface area contributed by atoms with Crippen LogP contribution in [0, 0.1) is 0 Å². The number of benzene rings is 1. The molecule has 1 unspecified atom stereocenters. The molecule has 0 amide bonds. The van der Waals surface area contributed by atoms with Gasteiger partial charge in [-0.3, -0.25) is 9.59 Å². The molecule has 1 N–H and O–H groups in total. The van der Waals surface area contributed by atoms with E-state index < -0.39 is 12.1 Å². The summed E-state index contributed by atoms with van der Waals surface area (Å²) in [6.45, 7) is 1.93. The van der Waals surface area contributed by atoms with Crippen LogP contribution in [-0.4, -0.2) is 36.2 Å². The molecule has 1 aromatic carbocycles. The molecule has 0 aliphatic carbocycles. The minimum atomic E-state index is -0.929. The number of esters is 1. The quantitative estimate of drug-likeness (QED) is 0.568. The van der Waals surface area contributed by atoms with Crippen LogP contribution in [0.1, 0.15) is 19.8 Å². The zero-order chi connectivity index (χ0) is 14.1. The van der Waals surface area contributed by atoms with Gasteiger partial charge in [-0.25, -0.2) is 0 Å². The number of ether oxygens (including phenoxy) is 2. The Morgan fingerprint density at radius 2 is 1.95 bits per heavy atom. The lowest BCUT2D eigenvalue weighted by atomic mass is 10.1. The molecule has 0 radical (unpaired) electrons. The van der Waals surface area contributed by atoms with Crippen molar-refractivity contribution in [3.05, 3.63) is 30.3 Å². The highest BCUT2D eigenvalue weighted by molar-refractivity contribution is 5.95. The van der Waals surface area contributed by atoms with E-state index in [2.05, 4.69) is 4.74 Å². The monoisotopic (exact) mass is 266 g/mol. The van der Waals surface area contributed by atoms with Crippen molar-refractivity contribution in [2.24, 2.45) is 0 Å². The first-order valence-corrected chi connectivity index (χ1v) is 6.15. The predicted molar refractivity (Wildman–Crippen MR) is 68.8 cm³/mol. The zero-order valence-corrected chi connectivity index (χ0v) is 10.9. The molecule has 0 aliphatic heterocycles. The fraction of sp³-hybridized carbons (Fsp3) is 0.429. The first-order valence-electron chi connectivity index (χ1n) is 6.15. The second kappa shape index (κ2) is 8.26. The number of Topliss-reactive ketones (excluding diaryl/α,β-unsaturated/α-hetero) is 1. The summed E-state index contributed by atoms with van der Waals surface area (Å²) >= 11 is 0. The van der Waals surface area contributed by atoms with Crippen LogP contribution in [0.3, 0.4) is 0 Å². The molecule has 5 nitrogen and oxygen atoms in total. The summed E-state index contributed by atoms with van der Waals surface area (Å²) in [6.07, 6.45) is -1.36. The van der Waals surface area contributed by atoms with Crippen LogP contribution in [0.2, 0.25) is 0 Å². The third kappa shape index (κ3) is 6.57. The Balaban J connectivity index is 2.25. The van der Waals surface area contributed by atoms with E-state index in [9.17, 15) is 14.7 Å². The molecule has 0 bridgehead atoms. The van der Waals surface area contributed by atoms with E-state index in [1.54, 1.807) is 19.1 Å². The summed E-state index contributed by atoms with van der Waals surface area (Å²) < 4.78 is 9.95. The zero-order valence-electron chi connectivity index (χ0n) is 10.9. The second-order valence-electron chi connectivity index (χ2n) is 4.00. The third-order valence-electron chi connectivity index (χ3n) is 2.30. The SMILES string of the molecule is CCOC(=O)CC(=O)CC(O)COc1ccccc1. The lowest BCUT2D eigenvalue weighted by molar-refractivity contribution is -0.145. The van der Waals surface area contributed by atoms with Gasteiger partial charge in [0.05, 0.1) is 12.7 Å². The van der Waals surface area contributed by atoms with Gasteiger partial charge >= 0.3 is 5.97 Å². The molecule has 0 saturated heterocycles. The van der Waals surface area contributed by atoms with Crippen molar-refractivity contribution in [3.63, 3.8) is 0 Å². The van der Waals surface area contributed by atoms with E-state index in [0.29, 0.717) is 5.75 Å². The van der Waals surface area contributed by atoms with Gasteiger partial charge in [0.15, 0.2) is 0 Å². The first kappa shape index (κ1) is 15.2. The predicted octanol–water partition coefficient (Wildman–Crippen LogP) is 1.34. The standard InChI is InChI=1S/C14H18O5/c1-2-18-14(17)9-11(15)8-12(16)10-19-13-6-4-3-5-7-13/h3-7,12,16H,2,8-10H2,1H3. The number of rotatable bonds is 8. The second-order valence-corrected chi connectivity index (χ2v) is 4.00. The number of hydrogen-bond donors (Lipinski definition) is 1. The van der Waals surface area contributed by atoms with E-state index in [1.165, 1.54) is 0 Å². The van der Waals surface area contributed by atoms with Gasteiger partial charge in [0, 0.05) is 6.42 Å². The van der Waals surface area contributed by atoms with Crippen LogP contribution >= 0.6 is 0 Å². The average molecular weight is 266 g/mol. The van der Waals surface area contributed by atoms with Gasteiger partial charge in [0.1, 0.15) is 24.6 Å². The largest absolute Gasteiger partial charge is 0.491 e. The molecule has 1 aromatic rings. The highest BCUT2D eigenvalue weighted by Gasteiger charge is 2.15. The Morgan fingerprint density at radius 1 is 1.26 bits per heavy atom. The first-order chi connectivity index (χ1) is 9.11. The Morgan fingerprint density at radius 3 is 2.58 bits per heavy atom. The number of aliphatic hydroxyl groups is 1. The van der Waals surface area contributed by atoms with Gasteiger partial charge < -0.3 is 14.6 Å². The molecular formula is C14H18O5. The highest BCUT2D eigenvalue weighted by Crippen LogP contribution is 2.09. The minimum Gasteiger partial charge on any atom is -0.491 e. The van der Waals surface area contributed by atoms with Crippen molar-refractivity contribution in [2.75, 3.05) is 13.2 Å². The molecule has 0 spiro atoms. The van der Waals surface area contributed by atoms with Gasteiger partial charge in [-0.15, -0.1) is 0 Å². The molecule has 0 aromatic heterocycles. The Hall–Kier alpha value is -1.88. The van der Waals surface area contributed by atoms with Crippen molar-refractivity contribution >= 4 is 11.8 Å². The highest BCUT2D eigenvalue weighted by atomic mass is 16.5. The Kier molecular flexibility index (Phi) is 6.60. The van der Waals surface area contributed by atoms with Crippen LogP contribution in [0.4, 0.5) is 0 Å². The van der Waals surface area contributed by atoms with Crippen molar-refractivity contribution in [3.8, 4) is 5.75 Å². The molecule has 0 saturated carbocycles. The van der Waals surface area contributed by atoms with E-state index in [-0.39, 0.29) is 31.8 Å². The summed E-state index contributed by atoms with van der Waals surface area (Å²) in [5.41, 5.74) is 0. The number of carbonyl (C=O) groups excluding carboxylic acids is 2. The molecule has 0 aliphatic rings. The maximum atomic E-state index is 11.4.